The molecular weight excluding hydrogens is 414 g/mol. The topological polar surface area (TPSA) is 95.3 Å². The molecule has 5 rings (SSSR count). The fourth-order valence-corrected chi connectivity index (χ4v) is 4.15. The Hall–Kier alpha value is -4.19. The van der Waals surface area contributed by atoms with Gasteiger partial charge in [0.1, 0.15) is 11.5 Å². The summed E-state index contributed by atoms with van der Waals surface area (Å²) >= 11 is 0. The van der Waals surface area contributed by atoms with Gasteiger partial charge in [-0.25, -0.2) is 9.97 Å². The van der Waals surface area contributed by atoms with Gasteiger partial charge < -0.3 is 15.5 Å². The van der Waals surface area contributed by atoms with E-state index in [1.165, 1.54) is 0 Å². The number of hydrogen-bond donors (Lipinski definition) is 3. The van der Waals surface area contributed by atoms with E-state index in [-0.39, 0.29) is 23.8 Å². The average Bonchev–Trinajstić information content (AvgIpc) is 2.81. The van der Waals surface area contributed by atoms with Gasteiger partial charge in [0.15, 0.2) is 5.82 Å². The first kappa shape index (κ1) is 20.7. The van der Waals surface area contributed by atoms with Crippen LogP contribution in [0.3, 0.4) is 0 Å². The van der Waals surface area contributed by atoms with E-state index < -0.39 is 0 Å². The first-order valence-electron chi connectivity index (χ1n) is 10.9. The Morgan fingerprint density at radius 3 is 2.39 bits per heavy atom. The third-order valence-electron chi connectivity index (χ3n) is 5.79. The number of nitrogens with zero attached hydrogens (tertiary/aromatic N) is 2. The molecule has 0 radical (unpaired) electrons. The highest BCUT2D eigenvalue weighted by Crippen LogP contribution is 2.35. The highest BCUT2D eigenvalue weighted by Gasteiger charge is 2.23. The van der Waals surface area contributed by atoms with Crippen molar-refractivity contribution in [2.24, 2.45) is 0 Å². The summed E-state index contributed by atoms with van der Waals surface area (Å²) in [4.78, 5) is 22.6. The average molecular weight is 437 g/mol. The molecule has 33 heavy (non-hydrogen) atoms. The minimum Gasteiger partial charge on any atom is -0.508 e. The summed E-state index contributed by atoms with van der Waals surface area (Å²) in [7, 11) is 0. The number of rotatable bonds is 5. The van der Waals surface area contributed by atoms with E-state index in [0.717, 1.165) is 40.1 Å². The molecule has 0 saturated heterocycles. The summed E-state index contributed by atoms with van der Waals surface area (Å²) in [6.07, 6.45) is 2.14. The molecule has 0 spiro atoms. The number of anilines is 1. The summed E-state index contributed by atoms with van der Waals surface area (Å²) in [6.45, 7) is 0. The summed E-state index contributed by atoms with van der Waals surface area (Å²) in [5.74, 6) is 0.695. The number of carbonyl (C=O) groups is 1. The van der Waals surface area contributed by atoms with E-state index >= 15 is 0 Å². The molecule has 1 aliphatic rings. The van der Waals surface area contributed by atoms with Crippen LogP contribution in [-0.2, 0) is 30.5 Å². The minimum absolute atomic E-state index is 0.165. The molecule has 1 aliphatic carbocycles. The predicted octanol–water partition coefficient (Wildman–Crippen LogP) is 4.43. The fraction of sp³-hybridized carbons (Fsp3) is 0.148. The second-order valence-corrected chi connectivity index (χ2v) is 8.21. The van der Waals surface area contributed by atoms with Gasteiger partial charge in [-0.3, -0.25) is 4.79 Å². The maximum atomic E-state index is 12.8. The first-order chi connectivity index (χ1) is 16.0. The summed E-state index contributed by atoms with van der Waals surface area (Å²) in [5.41, 5.74) is 6.23. The quantitative estimate of drug-likeness (QED) is 0.429. The summed E-state index contributed by atoms with van der Waals surface area (Å²) in [5, 5.41) is 22.3. The molecule has 1 aromatic heterocycles. The second-order valence-electron chi connectivity index (χ2n) is 8.21. The molecule has 1 amide bonds. The lowest BCUT2D eigenvalue weighted by Gasteiger charge is -2.21. The zero-order valence-corrected chi connectivity index (χ0v) is 18.0. The van der Waals surface area contributed by atoms with Crippen LogP contribution in [0.2, 0.25) is 0 Å². The van der Waals surface area contributed by atoms with Gasteiger partial charge in [-0.15, -0.1) is 0 Å². The molecule has 0 atom stereocenters. The van der Waals surface area contributed by atoms with Gasteiger partial charge in [0, 0.05) is 12.0 Å². The van der Waals surface area contributed by atoms with Crippen LogP contribution in [0.1, 0.15) is 28.1 Å². The Labute approximate surface area is 191 Å². The van der Waals surface area contributed by atoms with Crippen molar-refractivity contribution < 1.29 is 15.0 Å². The number of aromatic nitrogens is 2. The number of benzene rings is 3. The Balaban J connectivity index is 1.50. The summed E-state index contributed by atoms with van der Waals surface area (Å²) in [6, 6.07) is 21.9. The van der Waals surface area contributed by atoms with Crippen LogP contribution in [0.5, 0.6) is 11.5 Å². The molecular formula is C27H23N3O3. The predicted molar refractivity (Wildman–Crippen MR) is 126 cm³/mol. The fourth-order valence-electron chi connectivity index (χ4n) is 4.15. The maximum Gasteiger partial charge on any atom is 0.229 e. The molecule has 6 heteroatoms. The molecule has 0 fully saturated rings. The van der Waals surface area contributed by atoms with E-state index in [1.807, 2.05) is 36.4 Å². The largest absolute Gasteiger partial charge is 0.508 e. The van der Waals surface area contributed by atoms with E-state index in [4.69, 9.17) is 9.97 Å². The number of phenols is 2. The van der Waals surface area contributed by atoms with Gasteiger partial charge in [-0.1, -0.05) is 42.5 Å². The highest BCUT2D eigenvalue weighted by molar-refractivity contribution is 5.92. The van der Waals surface area contributed by atoms with Gasteiger partial charge in [0.05, 0.1) is 23.5 Å². The van der Waals surface area contributed by atoms with Gasteiger partial charge in [0.25, 0.3) is 0 Å². The number of phenolic OH excluding ortho intramolecular Hbond substituents is 2. The Morgan fingerprint density at radius 2 is 1.61 bits per heavy atom. The number of hydrogen-bond acceptors (Lipinski definition) is 5. The van der Waals surface area contributed by atoms with Crippen LogP contribution >= 0.6 is 0 Å². The van der Waals surface area contributed by atoms with Crippen LogP contribution in [0.4, 0.5) is 5.82 Å². The maximum absolute atomic E-state index is 12.8. The molecule has 0 aliphatic heterocycles. The standard InChI is InChI=1S/C27H23N3O3/c31-20-9-6-18(7-10-20)15-25(33)30-27-24(14-17-4-2-1-3-5-17)28-26-22-12-11-21(32)16-19(22)8-13-23(26)29-27/h1-7,9-12,16,31-32H,8,13-15H2,(H,29,30,33). The third-order valence-corrected chi connectivity index (χ3v) is 5.79. The molecule has 0 saturated carbocycles. The second kappa shape index (κ2) is 8.74. The van der Waals surface area contributed by atoms with Gasteiger partial charge in [-0.2, -0.15) is 0 Å². The molecule has 6 nitrogen and oxygen atoms in total. The van der Waals surface area contributed by atoms with Crippen molar-refractivity contribution in [3.63, 3.8) is 0 Å². The smallest absolute Gasteiger partial charge is 0.229 e. The first-order valence-corrected chi connectivity index (χ1v) is 10.9. The van der Waals surface area contributed by atoms with Crippen LogP contribution in [-0.4, -0.2) is 26.1 Å². The lowest BCUT2D eigenvalue weighted by molar-refractivity contribution is -0.115. The van der Waals surface area contributed by atoms with Crippen LogP contribution in [0, 0.1) is 0 Å². The monoisotopic (exact) mass is 437 g/mol. The van der Waals surface area contributed by atoms with Gasteiger partial charge in [0.2, 0.25) is 5.91 Å². The number of fused-ring (bicyclic) bond motifs is 3. The van der Waals surface area contributed by atoms with Crippen molar-refractivity contribution in [1.82, 2.24) is 9.97 Å². The SMILES string of the molecule is O=C(Cc1ccc(O)cc1)Nc1nc2c(nc1Cc1ccccc1)-c1ccc(O)cc1CC2. The highest BCUT2D eigenvalue weighted by atomic mass is 16.3. The molecule has 3 aromatic carbocycles. The normalized spacial score (nSPS) is 12.0. The van der Waals surface area contributed by atoms with Gasteiger partial charge >= 0.3 is 0 Å². The number of nitrogens with one attached hydrogen (secondary N) is 1. The van der Waals surface area contributed by atoms with Crippen LogP contribution < -0.4 is 5.32 Å². The zero-order valence-electron chi connectivity index (χ0n) is 18.0. The van der Waals surface area contributed by atoms with E-state index in [2.05, 4.69) is 5.32 Å². The van der Waals surface area contributed by atoms with E-state index in [1.54, 1.807) is 36.4 Å². The van der Waals surface area contributed by atoms with Crippen molar-refractivity contribution in [2.75, 3.05) is 5.32 Å². The van der Waals surface area contributed by atoms with Crippen molar-refractivity contribution in [2.45, 2.75) is 25.7 Å². The number of carbonyl (C=O) groups excluding carboxylic acids is 1. The van der Waals surface area contributed by atoms with Crippen molar-refractivity contribution in [1.29, 1.82) is 0 Å². The Kier molecular flexibility index (Phi) is 5.48. The number of aromatic hydroxyl groups is 2. The van der Waals surface area contributed by atoms with Crippen molar-refractivity contribution in [3.05, 3.63) is 101 Å². The van der Waals surface area contributed by atoms with E-state index in [9.17, 15) is 15.0 Å². The lowest BCUT2D eigenvalue weighted by atomic mass is 9.91. The molecule has 0 unspecified atom stereocenters. The van der Waals surface area contributed by atoms with Crippen LogP contribution in [0.25, 0.3) is 11.3 Å². The summed E-state index contributed by atoms with van der Waals surface area (Å²) < 4.78 is 0. The molecule has 164 valence electrons. The van der Waals surface area contributed by atoms with Gasteiger partial charge in [-0.05, 0) is 59.9 Å². The molecule has 0 bridgehead atoms. The van der Waals surface area contributed by atoms with Crippen molar-refractivity contribution in [3.8, 4) is 22.8 Å². The Morgan fingerprint density at radius 1 is 0.848 bits per heavy atom. The lowest BCUT2D eigenvalue weighted by Crippen LogP contribution is -2.20. The minimum atomic E-state index is -0.189. The third kappa shape index (κ3) is 4.55. The molecule has 3 N–H and O–H groups in total. The molecule has 4 aromatic rings. The number of amides is 1. The van der Waals surface area contributed by atoms with Crippen molar-refractivity contribution >= 4 is 11.7 Å². The van der Waals surface area contributed by atoms with Crippen LogP contribution in [0.15, 0.2) is 72.8 Å². The zero-order chi connectivity index (χ0) is 22.8. The van der Waals surface area contributed by atoms with E-state index in [0.29, 0.717) is 24.4 Å². The Bertz CT molecular complexity index is 1320. The number of aryl methyl sites for hydroxylation is 2. The molecule has 1 heterocycles.